The van der Waals surface area contributed by atoms with Crippen molar-refractivity contribution in [2.24, 2.45) is 5.92 Å². The second-order valence-corrected chi connectivity index (χ2v) is 5.37. The molecule has 0 unspecified atom stereocenters. The van der Waals surface area contributed by atoms with Gasteiger partial charge >= 0.3 is 0 Å². The maximum atomic E-state index is 3.55. The summed E-state index contributed by atoms with van der Waals surface area (Å²) in [5, 5.41) is 6.95. The number of hydrogen-bond donors (Lipinski definition) is 2. The fourth-order valence-corrected chi connectivity index (χ4v) is 2.60. The van der Waals surface area contributed by atoms with Gasteiger partial charge in [-0.2, -0.15) is 0 Å². The molecule has 2 nitrogen and oxygen atoms in total. The van der Waals surface area contributed by atoms with Gasteiger partial charge in [0.2, 0.25) is 0 Å². The molecule has 0 radical (unpaired) electrons. The van der Waals surface area contributed by atoms with Gasteiger partial charge in [0.05, 0.1) is 0 Å². The van der Waals surface area contributed by atoms with E-state index in [-0.39, 0.29) is 24.8 Å². The number of benzene rings is 1. The topological polar surface area (TPSA) is 24.1 Å². The van der Waals surface area contributed by atoms with E-state index in [4.69, 9.17) is 0 Å². The minimum atomic E-state index is 0. The van der Waals surface area contributed by atoms with Crippen molar-refractivity contribution >= 4 is 40.7 Å². The highest BCUT2D eigenvalue weighted by Crippen LogP contribution is 2.13. The van der Waals surface area contributed by atoms with E-state index >= 15 is 0 Å². The molecule has 18 heavy (non-hydrogen) atoms. The Balaban J connectivity index is 0.00000144. The molecule has 0 spiro atoms. The lowest BCUT2D eigenvalue weighted by molar-refractivity contribution is 0.356. The number of halogens is 3. The minimum absolute atomic E-state index is 0. The average Bonchev–Trinajstić information content (AvgIpc) is 2.30. The summed E-state index contributed by atoms with van der Waals surface area (Å²) in [5.74, 6) is 0.855. The van der Waals surface area contributed by atoms with Crippen LogP contribution in [0.2, 0.25) is 0 Å². The van der Waals surface area contributed by atoms with Gasteiger partial charge in [-0.3, -0.25) is 0 Å². The van der Waals surface area contributed by atoms with Crippen molar-refractivity contribution in [1.82, 2.24) is 10.6 Å². The first kappa shape index (κ1) is 18.2. The van der Waals surface area contributed by atoms with Gasteiger partial charge in [-0.25, -0.2) is 0 Å². The standard InChI is InChI=1S/C13H19BrN2.2ClH/c14-13-3-1-2-12(8-13)10-16-9-11-4-6-15-7-5-11;;/h1-3,8,11,15-16H,4-7,9-10H2;2*1H. The van der Waals surface area contributed by atoms with Crippen molar-refractivity contribution in [2.75, 3.05) is 19.6 Å². The van der Waals surface area contributed by atoms with Crippen LogP contribution in [0, 0.1) is 5.92 Å². The van der Waals surface area contributed by atoms with E-state index in [1.165, 1.54) is 31.5 Å². The fraction of sp³-hybridized carbons (Fsp3) is 0.538. The van der Waals surface area contributed by atoms with E-state index in [2.05, 4.69) is 50.8 Å². The summed E-state index contributed by atoms with van der Waals surface area (Å²) >= 11 is 3.49. The van der Waals surface area contributed by atoms with Crippen LogP contribution in [0.5, 0.6) is 0 Å². The van der Waals surface area contributed by atoms with Crippen molar-refractivity contribution in [1.29, 1.82) is 0 Å². The summed E-state index contributed by atoms with van der Waals surface area (Å²) in [5.41, 5.74) is 1.35. The van der Waals surface area contributed by atoms with Gasteiger partial charge in [-0.05, 0) is 56.1 Å². The molecule has 5 heteroatoms. The van der Waals surface area contributed by atoms with E-state index in [1.54, 1.807) is 0 Å². The Morgan fingerprint density at radius 2 is 1.94 bits per heavy atom. The summed E-state index contributed by atoms with van der Waals surface area (Å²) in [6, 6.07) is 8.50. The third-order valence-electron chi connectivity index (χ3n) is 3.11. The molecule has 1 saturated heterocycles. The van der Waals surface area contributed by atoms with Crippen LogP contribution in [0.1, 0.15) is 18.4 Å². The predicted octanol–water partition coefficient (Wildman–Crippen LogP) is 3.38. The molecular formula is C13H21BrCl2N2. The molecule has 104 valence electrons. The lowest BCUT2D eigenvalue weighted by Gasteiger charge is -2.22. The maximum Gasteiger partial charge on any atom is 0.0206 e. The van der Waals surface area contributed by atoms with Gasteiger partial charge in [0, 0.05) is 11.0 Å². The predicted molar refractivity (Wildman–Crippen MR) is 85.9 cm³/mol. The first-order chi connectivity index (χ1) is 7.84. The number of rotatable bonds is 4. The van der Waals surface area contributed by atoms with Crippen LogP contribution in [0.4, 0.5) is 0 Å². The lowest BCUT2D eigenvalue weighted by atomic mass is 9.98. The molecule has 0 atom stereocenters. The maximum absolute atomic E-state index is 3.55. The molecule has 0 aliphatic carbocycles. The molecule has 2 N–H and O–H groups in total. The Labute approximate surface area is 130 Å². The first-order valence-corrected chi connectivity index (χ1v) is 6.80. The number of piperidine rings is 1. The zero-order valence-corrected chi connectivity index (χ0v) is 13.5. The third-order valence-corrected chi connectivity index (χ3v) is 3.60. The van der Waals surface area contributed by atoms with Crippen molar-refractivity contribution in [2.45, 2.75) is 19.4 Å². The summed E-state index contributed by atoms with van der Waals surface area (Å²) < 4.78 is 1.16. The summed E-state index contributed by atoms with van der Waals surface area (Å²) in [7, 11) is 0. The van der Waals surface area contributed by atoms with Crippen molar-refractivity contribution in [3.8, 4) is 0 Å². The summed E-state index contributed by atoms with van der Waals surface area (Å²) in [6.07, 6.45) is 2.62. The molecule has 0 saturated carbocycles. The first-order valence-electron chi connectivity index (χ1n) is 6.00. The van der Waals surface area contributed by atoms with E-state index in [9.17, 15) is 0 Å². The highest BCUT2D eigenvalue weighted by atomic mass is 79.9. The Kier molecular flexibility index (Phi) is 10.2. The van der Waals surface area contributed by atoms with Gasteiger partial charge < -0.3 is 10.6 Å². The van der Waals surface area contributed by atoms with Crippen molar-refractivity contribution in [3.05, 3.63) is 34.3 Å². The molecule has 1 fully saturated rings. The lowest BCUT2D eigenvalue weighted by Crippen LogP contribution is -2.33. The van der Waals surface area contributed by atoms with E-state index in [0.29, 0.717) is 0 Å². The van der Waals surface area contributed by atoms with Crippen LogP contribution in [-0.4, -0.2) is 19.6 Å². The van der Waals surface area contributed by atoms with Gasteiger partial charge in [-0.15, -0.1) is 24.8 Å². The van der Waals surface area contributed by atoms with Crippen molar-refractivity contribution < 1.29 is 0 Å². The highest BCUT2D eigenvalue weighted by Gasteiger charge is 2.11. The van der Waals surface area contributed by atoms with Gasteiger partial charge in [0.1, 0.15) is 0 Å². The van der Waals surface area contributed by atoms with Crippen LogP contribution >= 0.6 is 40.7 Å². The molecule has 0 amide bonds. The molecule has 1 aromatic carbocycles. The molecular weight excluding hydrogens is 335 g/mol. The van der Waals surface area contributed by atoms with Crippen LogP contribution in [-0.2, 0) is 6.54 Å². The zero-order chi connectivity index (χ0) is 11.2. The Morgan fingerprint density at radius 3 is 2.61 bits per heavy atom. The molecule has 0 aromatic heterocycles. The normalized spacial score (nSPS) is 15.6. The second kappa shape index (κ2) is 10.0. The van der Waals surface area contributed by atoms with E-state index in [0.717, 1.165) is 23.5 Å². The minimum Gasteiger partial charge on any atom is -0.317 e. The van der Waals surface area contributed by atoms with Gasteiger partial charge in [0.15, 0.2) is 0 Å². The van der Waals surface area contributed by atoms with Crippen LogP contribution in [0.3, 0.4) is 0 Å². The van der Waals surface area contributed by atoms with Gasteiger partial charge in [0.25, 0.3) is 0 Å². The monoisotopic (exact) mass is 354 g/mol. The van der Waals surface area contributed by atoms with Gasteiger partial charge in [-0.1, -0.05) is 28.1 Å². The molecule has 1 heterocycles. The quantitative estimate of drug-likeness (QED) is 0.865. The SMILES string of the molecule is Brc1cccc(CNCC2CCNCC2)c1.Cl.Cl. The van der Waals surface area contributed by atoms with E-state index in [1.807, 2.05) is 0 Å². The Morgan fingerprint density at radius 1 is 1.22 bits per heavy atom. The number of nitrogens with one attached hydrogen (secondary N) is 2. The average molecular weight is 356 g/mol. The molecule has 0 bridgehead atoms. The fourth-order valence-electron chi connectivity index (χ4n) is 2.15. The van der Waals surface area contributed by atoms with Crippen LogP contribution in [0.15, 0.2) is 28.7 Å². The van der Waals surface area contributed by atoms with Crippen molar-refractivity contribution in [3.63, 3.8) is 0 Å². The second-order valence-electron chi connectivity index (χ2n) is 4.45. The smallest absolute Gasteiger partial charge is 0.0206 e. The molecule has 1 aliphatic rings. The Hall–Kier alpha value is 0.200. The molecule has 1 aromatic rings. The Bertz CT molecular complexity index is 331. The van der Waals surface area contributed by atoms with E-state index < -0.39 is 0 Å². The molecule has 2 rings (SSSR count). The number of hydrogen-bond acceptors (Lipinski definition) is 2. The summed E-state index contributed by atoms with van der Waals surface area (Å²) in [6.45, 7) is 4.49. The molecule has 1 aliphatic heterocycles. The van der Waals surface area contributed by atoms with Crippen LogP contribution < -0.4 is 10.6 Å². The zero-order valence-electron chi connectivity index (χ0n) is 10.3. The summed E-state index contributed by atoms with van der Waals surface area (Å²) in [4.78, 5) is 0. The largest absolute Gasteiger partial charge is 0.317 e. The van der Waals surface area contributed by atoms with Crippen LogP contribution in [0.25, 0.3) is 0 Å². The highest BCUT2D eigenvalue weighted by molar-refractivity contribution is 9.10. The third kappa shape index (κ3) is 6.39.